The summed E-state index contributed by atoms with van der Waals surface area (Å²) in [6.45, 7) is 0. The molecule has 16 heavy (non-hydrogen) atoms. The Morgan fingerprint density at radius 3 is 2.38 bits per heavy atom. The zero-order valence-corrected chi connectivity index (χ0v) is 8.65. The molecule has 0 amide bonds. The van der Waals surface area contributed by atoms with Crippen molar-refractivity contribution in [1.29, 1.82) is 0 Å². The van der Waals surface area contributed by atoms with Gasteiger partial charge in [0.15, 0.2) is 0 Å². The number of carbonyl (C=O) groups is 2. The van der Waals surface area contributed by atoms with E-state index >= 15 is 0 Å². The molecule has 0 unspecified atom stereocenters. The van der Waals surface area contributed by atoms with Gasteiger partial charge < -0.3 is 4.55 Å². The number of rotatable bonds is 1. The molecule has 0 heterocycles. The summed E-state index contributed by atoms with van der Waals surface area (Å²) in [5, 5.41) is 0. The van der Waals surface area contributed by atoms with E-state index in [4.69, 9.17) is 0 Å². The number of Topliss-reactive ketones (excluding diaryl/α,β-unsaturated/α-hetero) is 1. The molecule has 0 atom stereocenters. The first-order valence-electron chi connectivity index (χ1n) is 4.26. The summed E-state index contributed by atoms with van der Waals surface area (Å²) in [7, 11) is -4.55. The number of allylic oxidation sites excluding steroid dienone is 1. The van der Waals surface area contributed by atoms with Crippen LogP contribution in [0.4, 0.5) is 0 Å². The Hall–Kier alpha value is -1.79. The highest BCUT2D eigenvalue weighted by atomic mass is 32.2. The smallest absolute Gasteiger partial charge is 0.233 e. The molecule has 0 spiro atoms. The van der Waals surface area contributed by atoms with Crippen LogP contribution in [0.25, 0.3) is 6.08 Å². The van der Waals surface area contributed by atoms with Gasteiger partial charge in [0.2, 0.25) is 11.6 Å². The normalized spacial score (nSPS) is 15.1. The molecule has 0 saturated carbocycles. The highest BCUT2D eigenvalue weighted by molar-refractivity contribution is 7.85. The number of ketones is 2. The van der Waals surface area contributed by atoms with Crippen LogP contribution in [-0.2, 0) is 14.9 Å². The maximum Gasteiger partial charge on any atom is 0.233 e. The van der Waals surface area contributed by atoms with Crippen molar-refractivity contribution in [3.05, 3.63) is 35.4 Å². The molecule has 1 aliphatic carbocycles. The average molecular weight is 237 g/mol. The fraction of sp³-hybridized carbons (Fsp3) is 0. The zero-order valence-electron chi connectivity index (χ0n) is 7.84. The fourth-order valence-corrected chi connectivity index (χ4v) is 1.92. The van der Waals surface area contributed by atoms with Crippen molar-refractivity contribution in [3.8, 4) is 0 Å². The molecule has 0 aromatic heterocycles. The van der Waals surface area contributed by atoms with E-state index in [1.165, 1.54) is 12.1 Å². The number of hydrogen-bond donors (Lipinski definition) is 0. The molecule has 0 saturated heterocycles. The van der Waals surface area contributed by atoms with Gasteiger partial charge >= 0.3 is 0 Å². The van der Waals surface area contributed by atoms with Gasteiger partial charge in [0, 0.05) is 5.56 Å². The Morgan fingerprint density at radius 2 is 1.75 bits per heavy atom. The summed E-state index contributed by atoms with van der Waals surface area (Å²) >= 11 is 0. The van der Waals surface area contributed by atoms with Gasteiger partial charge in [-0.25, -0.2) is 8.42 Å². The fourth-order valence-electron chi connectivity index (χ4n) is 1.41. The Balaban J connectivity index is 2.65. The van der Waals surface area contributed by atoms with E-state index in [9.17, 15) is 22.6 Å². The van der Waals surface area contributed by atoms with Crippen molar-refractivity contribution in [2.75, 3.05) is 0 Å². The van der Waals surface area contributed by atoms with Crippen molar-refractivity contribution in [2.24, 2.45) is 0 Å². The first-order chi connectivity index (χ1) is 7.39. The molecule has 0 radical (unpaired) electrons. The van der Waals surface area contributed by atoms with Crippen LogP contribution in [0.1, 0.15) is 15.9 Å². The maximum atomic E-state index is 11.3. The van der Waals surface area contributed by atoms with E-state index in [-0.39, 0.29) is 11.1 Å². The van der Waals surface area contributed by atoms with E-state index in [1.807, 2.05) is 0 Å². The van der Waals surface area contributed by atoms with Gasteiger partial charge in [-0.1, -0.05) is 6.08 Å². The van der Waals surface area contributed by atoms with E-state index in [0.717, 1.165) is 18.2 Å². The van der Waals surface area contributed by atoms with Crippen LogP contribution in [0.3, 0.4) is 0 Å². The van der Waals surface area contributed by atoms with Gasteiger partial charge in [-0.3, -0.25) is 9.59 Å². The molecule has 0 aliphatic heterocycles. The van der Waals surface area contributed by atoms with Gasteiger partial charge in [-0.05, 0) is 29.8 Å². The lowest BCUT2D eigenvalue weighted by Gasteiger charge is -2.12. The third kappa shape index (κ3) is 1.68. The molecule has 1 aliphatic rings. The lowest BCUT2D eigenvalue weighted by atomic mass is 9.96. The Kier molecular flexibility index (Phi) is 2.25. The van der Waals surface area contributed by atoms with Crippen LogP contribution >= 0.6 is 0 Å². The predicted molar refractivity (Wildman–Crippen MR) is 52.8 cm³/mol. The lowest BCUT2D eigenvalue weighted by molar-refractivity contribution is -0.110. The topological polar surface area (TPSA) is 91.3 Å². The molecule has 0 N–H and O–H groups in total. The van der Waals surface area contributed by atoms with Gasteiger partial charge in [-0.2, -0.15) is 0 Å². The molecule has 5 nitrogen and oxygen atoms in total. The molecular weight excluding hydrogens is 232 g/mol. The largest absolute Gasteiger partial charge is 0.744 e. The quantitative estimate of drug-likeness (QED) is 0.519. The molecule has 0 bridgehead atoms. The number of benzene rings is 1. The summed E-state index contributed by atoms with van der Waals surface area (Å²) in [4.78, 5) is 22.0. The van der Waals surface area contributed by atoms with Gasteiger partial charge in [0.05, 0.1) is 4.90 Å². The van der Waals surface area contributed by atoms with Gasteiger partial charge in [-0.15, -0.1) is 0 Å². The number of fused-ring (bicyclic) bond motifs is 1. The van der Waals surface area contributed by atoms with Crippen molar-refractivity contribution in [1.82, 2.24) is 0 Å². The minimum Gasteiger partial charge on any atom is -0.744 e. The average Bonchev–Trinajstić information content (AvgIpc) is 2.22. The first kappa shape index (κ1) is 10.7. The van der Waals surface area contributed by atoms with Crippen molar-refractivity contribution < 1.29 is 22.6 Å². The Morgan fingerprint density at radius 1 is 1.06 bits per heavy atom. The standard InChI is InChI=1S/C10H6O5S/c11-9-4-1-6-5-7(16(13,14)15)2-3-8(6)10(9)12/h1-5H,(H,13,14,15)/p-1. The van der Waals surface area contributed by atoms with Crippen molar-refractivity contribution in [3.63, 3.8) is 0 Å². The second-order valence-electron chi connectivity index (χ2n) is 3.23. The molecule has 2 rings (SSSR count). The molecular formula is C10H5O5S-. The number of hydrogen-bond acceptors (Lipinski definition) is 5. The summed E-state index contributed by atoms with van der Waals surface area (Å²) in [6.07, 6.45) is 2.36. The third-order valence-electron chi connectivity index (χ3n) is 2.19. The van der Waals surface area contributed by atoms with Crippen molar-refractivity contribution in [2.45, 2.75) is 4.90 Å². The second-order valence-corrected chi connectivity index (χ2v) is 4.61. The second kappa shape index (κ2) is 3.36. The molecule has 1 aromatic rings. The monoisotopic (exact) mass is 237 g/mol. The molecule has 6 heteroatoms. The van der Waals surface area contributed by atoms with Crippen LogP contribution < -0.4 is 0 Å². The summed E-state index contributed by atoms with van der Waals surface area (Å²) in [5.41, 5.74) is 0.376. The molecule has 1 aromatic carbocycles. The van der Waals surface area contributed by atoms with Gasteiger partial charge in [0.25, 0.3) is 0 Å². The van der Waals surface area contributed by atoms with Gasteiger partial charge in [0.1, 0.15) is 10.1 Å². The predicted octanol–water partition coefficient (Wildman–Crippen LogP) is 0.369. The van der Waals surface area contributed by atoms with E-state index in [2.05, 4.69) is 0 Å². The molecule has 82 valence electrons. The van der Waals surface area contributed by atoms with Crippen LogP contribution in [-0.4, -0.2) is 24.5 Å². The highest BCUT2D eigenvalue weighted by Gasteiger charge is 2.21. The lowest BCUT2D eigenvalue weighted by Crippen LogP contribution is -2.16. The number of carbonyl (C=O) groups excluding carboxylic acids is 2. The van der Waals surface area contributed by atoms with E-state index < -0.39 is 26.6 Å². The molecule has 0 fully saturated rings. The maximum absolute atomic E-state index is 11.3. The Bertz CT molecular complexity index is 625. The minimum absolute atomic E-state index is 0.111. The first-order valence-corrected chi connectivity index (χ1v) is 5.67. The SMILES string of the molecule is O=C1C=Cc2cc(S(=O)(=O)[O-])ccc2C1=O. The Labute approximate surface area is 91.1 Å². The van der Waals surface area contributed by atoms with E-state index in [0.29, 0.717) is 0 Å². The minimum atomic E-state index is -4.55. The van der Waals surface area contributed by atoms with Crippen LogP contribution in [0, 0.1) is 0 Å². The van der Waals surface area contributed by atoms with Crippen molar-refractivity contribution >= 4 is 27.8 Å². The third-order valence-corrected chi connectivity index (χ3v) is 3.03. The van der Waals surface area contributed by atoms with E-state index in [1.54, 1.807) is 0 Å². The summed E-state index contributed by atoms with van der Waals surface area (Å²) in [5.74, 6) is -1.36. The van der Waals surface area contributed by atoms with Crippen LogP contribution in [0.5, 0.6) is 0 Å². The summed E-state index contributed by atoms with van der Waals surface area (Å²) in [6, 6.07) is 3.27. The van der Waals surface area contributed by atoms with Crippen LogP contribution in [0.15, 0.2) is 29.2 Å². The summed E-state index contributed by atoms with van der Waals surface area (Å²) < 4.78 is 32.2. The highest BCUT2D eigenvalue weighted by Crippen LogP contribution is 2.21. The zero-order chi connectivity index (χ0) is 11.9. The van der Waals surface area contributed by atoms with Crippen LogP contribution in [0.2, 0.25) is 0 Å².